The van der Waals surface area contributed by atoms with E-state index in [1.165, 1.54) is 6.07 Å². The summed E-state index contributed by atoms with van der Waals surface area (Å²) in [5.74, 6) is -0.841. The average Bonchev–Trinajstić information content (AvgIpc) is 2.56. The Morgan fingerprint density at radius 1 is 1.15 bits per heavy atom. The Balaban J connectivity index is 2.17. The quantitative estimate of drug-likeness (QED) is 0.327. The average molecular weight is 375 g/mol. The van der Waals surface area contributed by atoms with Crippen LogP contribution in [0.25, 0.3) is 21.2 Å². The van der Waals surface area contributed by atoms with Crippen LogP contribution in [0.5, 0.6) is 0 Å². The number of benzene rings is 2. The topological polar surface area (TPSA) is 109 Å². The Morgan fingerprint density at radius 2 is 1.81 bits per heavy atom. The van der Waals surface area contributed by atoms with Gasteiger partial charge in [0.1, 0.15) is 5.60 Å². The number of rotatable bonds is 6. The van der Waals surface area contributed by atoms with Crippen LogP contribution >= 0.6 is 0 Å². The van der Waals surface area contributed by atoms with E-state index in [9.17, 15) is 13.2 Å². The van der Waals surface area contributed by atoms with Gasteiger partial charge >= 0.3 is 5.97 Å². The van der Waals surface area contributed by atoms with Crippen molar-refractivity contribution >= 4 is 26.6 Å². The van der Waals surface area contributed by atoms with Crippen molar-refractivity contribution < 1.29 is 17.9 Å². The maximum absolute atomic E-state index is 12.5. The Bertz CT molecular complexity index is 972. The Labute approximate surface area is 152 Å². The van der Waals surface area contributed by atoms with E-state index < -0.39 is 21.4 Å². The first kappa shape index (κ1) is 19.8. The molecule has 0 bridgehead atoms. The highest BCUT2D eigenvalue weighted by Gasteiger charge is 2.21. The van der Waals surface area contributed by atoms with Crippen molar-refractivity contribution in [3.8, 4) is 0 Å². The van der Waals surface area contributed by atoms with E-state index in [1.807, 2.05) is 6.07 Å². The lowest BCUT2D eigenvalue weighted by Crippen LogP contribution is -2.25. The largest absolute Gasteiger partial charge is 0.460 e. The molecule has 0 amide bonds. The number of ether oxygens (including phenoxy) is 1. The van der Waals surface area contributed by atoms with Gasteiger partial charge < -0.3 is 4.74 Å². The molecule has 0 spiro atoms. The Hall–Kier alpha value is -2.57. The van der Waals surface area contributed by atoms with Crippen LogP contribution in [-0.4, -0.2) is 25.7 Å². The summed E-state index contributed by atoms with van der Waals surface area (Å²) in [7, 11) is -3.59. The number of sulfone groups is 1. The molecule has 7 nitrogen and oxygen atoms in total. The number of carbonyl (C=O) groups is 1. The third kappa shape index (κ3) is 5.47. The van der Waals surface area contributed by atoms with Gasteiger partial charge in [0.25, 0.3) is 0 Å². The first-order valence-corrected chi connectivity index (χ1v) is 9.74. The lowest BCUT2D eigenvalue weighted by molar-refractivity contribution is -0.154. The molecule has 0 aliphatic rings. The first-order valence-electron chi connectivity index (χ1n) is 8.09. The zero-order valence-corrected chi connectivity index (χ0v) is 15.8. The molecule has 0 fully saturated rings. The molecule has 2 aromatic rings. The molecule has 0 atom stereocenters. The SMILES string of the molecule is CC(C)(C)OC(=O)CCS(=O)(=O)c1ccc2cc(CN=[N+]=[N-])ccc2c1. The van der Waals surface area contributed by atoms with Crippen LogP contribution in [-0.2, 0) is 25.9 Å². The predicted molar refractivity (Wildman–Crippen MR) is 99.3 cm³/mol. The van der Waals surface area contributed by atoms with E-state index in [0.717, 1.165) is 16.3 Å². The summed E-state index contributed by atoms with van der Waals surface area (Å²) in [5.41, 5.74) is 8.58. The van der Waals surface area contributed by atoms with Crippen molar-refractivity contribution in [2.24, 2.45) is 5.11 Å². The predicted octanol–water partition coefficient (Wildman–Crippen LogP) is 4.16. The van der Waals surface area contributed by atoms with Gasteiger partial charge in [0.15, 0.2) is 9.84 Å². The van der Waals surface area contributed by atoms with E-state index in [1.54, 1.807) is 45.0 Å². The van der Waals surface area contributed by atoms with E-state index in [2.05, 4.69) is 10.0 Å². The van der Waals surface area contributed by atoms with Crippen molar-refractivity contribution in [1.29, 1.82) is 0 Å². The van der Waals surface area contributed by atoms with Gasteiger partial charge in [-0.05, 0) is 54.8 Å². The second kappa shape index (κ2) is 7.76. The van der Waals surface area contributed by atoms with Gasteiger partial charge in [-0.15, -0.1) is 0 Å². The molecule has 0 radical (unpaired) electrons. The van der Waals surface area contributed by atoms with Gasteiger partial charge in [-0.25, -0.2) is 8.42 Å². The Kier molecular flexibility index (Phi) is 5.90. The molecular formula is C18H21N3O4S. The molecule has 0 saturated carbocycles. The van der Waals surface area contributed by atoms with Crippen LogP contribution in [0.4, 0.5) is 0 Å². The molecule has 26 heavy (non-hydrogen) atoms. The molecule has 0 N–H and O–H groups in total. The molecule has 0 aliphatic carbocycles. The molecular weight excluding hydrogens is 354 g/mol. The second-order valence-corrected chi connectivity index (χ2v) is 9.00. The Morgan fingerprint density at radius 3 is 2.46 bits per heavy atom. The fourth-order valence-electron chi connectivity index (χ4n) is 2.41. The number of nitrogens with zero attached hydrogens (tertiary/aromatic N) is 3. The van der Waals surface area contributed by atoms with Crippen molar-refractivity contribution in [3.63, 3.8) is 0 Å². The van der Waals surface area contributed by atoms with E-state index >= 15 is 0 Å². The van der Waals surface area contributed by atoms with E-state index in [0.29, 0.717) is 0 Å². The standard InChI is InChI=1S/C18H21N3O4S/c1-18(2,3)25-17(22)8-9-26(23,24)16-7-6-14-10-13(12-20-21-19)4-5-15(14)11-16/h4-7,10-11H,8-9,12H2,1-3H3. The molecule has 0 saturated heterocycles. The number of carbonyl (C=O) groups excluding carboxylic acids is 1. The van der Waals surface area contributed by atoms with Gasteiger partial charge in [0, 0.05) is 4.91 Å². The van der Waals surface area contributed by atoms with Crippen molar-refractivity contribution in [1.82, 2.24) is 0 Å². The lowest BCUT2D eigenvalue weighted by atomic mass is 10.1. The zero-order chi connectivity index (χ0) is 19.4. The van der Waals surface area contributed by atoms with Crippen LogP contribution < -0.4 is 0 Å². The van der Waals surface area contributed by atoms with Crippen molar-refractivity contribution in [3.05, 3.63) is 52.4 Å². The third-order valence-corrected chi connectivity index (χ3v) is 5.26. The van der Waals surface area contributed by atoms with Gasteiger partial charge in [-0.3, -0.25) is 4.79 Å². The van der Waals surface area contributed by atoms with Crippen LogP contribution in [0.2, 0.25) is 0 Å². The summed E-state index contributed by atoms with van der Waals surface area (Å²) in [6.45, 7) is 5.44. The summed E-state index contributed by atoms with van der Waals surface area (Å²) in [6, 6.07) is 10.2. The number of azide groups is 1. The molecule has 2 rings (SSSR count). The van der Waals surface area contributed by atoms with Gasteiger partial charge in [-0.1, -0.05) is 29.4 Å². The summed E-state index contributed by atoms with van der Waals surface area (Å²) in [4.78, 5) is 14.6. The van der Waals surface area contributed by atoms with Crippen molar-refractivity contribution in [2.45, 2.75) is 44.2 Å². The minimum absolute atomic E-state index is 0.163. The van der Waals surface area contributed by atoms with Crippen LogP contribution in [0, 0.1) is 0 Å². The lowest BCUT2D eigenvalue weighted by Gasteiger charge is -2.19. The number of hydrogen-bond donors (Lipinski definition) is 0. The molecule has 0 heterocycles. The highest BCUT2D eigenvalue weighted by molar-refractivity contribution is 7.91. The first-order chi connectivity index (χ1) is 12.1. The van der Waals surface area contributed by atoms with E-state index in [-0.39, 0.29) is 23.6 Å². The number of esters is 1. The maximum atomic E-state index is 12.5. The second-order valence-electron chi connectivity index (χ2n) is 6.89. The molecule has 0 unspecified atom stereocenters. The normalized spacial score (nSPS) is 11.8. The number of fused-ring (bicyclic) bond motifs is 1. The zero-order valence-electron chi connectivity index (χ0n) is 15.0. The minimum atomic E-state index is -3.59. The third-order valence-electron chi connectivity index (χ3n) is 3.55. The molecule has 0 aromatic heterocycles. The molecule has 8 heteroatoms. The number of hydrogen-bond acceptors (Lipinski definition) is 5. The summed E-state index contributed by atoms with van der Waals surface area (Å²) in [6.07, 6.45) is -0.192. The summed E-state index contributed by atoms with van der Waals surface area (Å²) < 4.78 is 30.1. The van der Waals surface area contributed by atoms with Crippen LogP contribution in [0.15, 0.2) is 46.4 Å². The minimum Gasteiger partial charge on any atom is -0.460 e. The maximum Gasteiger partial charge on any atom is 0.307 e. The van der Waals surface area contributed by atoms with Crippen LogP contribution in [0.3, 0.4) is 0 Å². The van der Waals surface area contributed by atoms with Crippen LogP contribution in [0.1, 0.15) is 32.8 Å². The monoisotopic (exact) mass is 375 g/mol. The summed E-state index contributed by atoms with van der Waals surface area (Å²) >= 11 is 0. The highest BCUT2D eigenvalue weighted by Crippen LogP contribution is 2.22. The summed E-state index contributed by atoms with van der Waals surface area (Å²) in [5, 5.41) is 5.12. The molecule has 2 aromatic carbocycles. The fraction of sp³-hybridized carbons (Fsp3) is 0.389. The fourth-order valence-corrected chi connectivity index (χ4v) is 3.66. The highest BCUT2D eigenvalue weighted by atomic mass is 32.2. The smallest absolute Gasteiger partial charge is 0.307 e. The van der Waals surface area contributed by atoms with Gasteiger partial charge in [0.05, 0.1) is 23.6 Å². The van der Waals surface area contributed by atoms with Gasteiger partial charge in [0.2, 0.25) is 0 Å². The van der Waals surface area contributed by atoms with E-state index in [4.69, 9.17) is 10.3 Å². The molecule has 0 aliphatic heterocycles. The molecule has 138 valence electrons. The van der Waals surface area contributed by atoms with Crippen molar-refractivity contribution in [2.75, 3.05) is 5.75 Å². The van der Waals surface area contributed by atoms with Gasteiger partial charge in [-0.2, -0.15) is 0 Å².